The number of benzene rings is 2. The summed E-state index contributed by atoms with van der Waals surface area (Å²) < 4.78 is 6.83. The molecule has 0 fully saturated rings. The Morgan fingerprint density at radius 1 is 0.867 bits per heavy atom. The lowest BCUT2D eigenvalue weighted by atomic mass is 10.0. The van der Waals surface area contributed by atoms with E-state index in [-0.39, 0.29) is 23.6 Å². The van der Waals surface area contributed by atoms with Gasteiger partial charge in [-0.1, -0.05) is 24.3 Å². The van der Waals surface area contributed by atoms with Gasteiger partial charge in [-0.25, -0.2) is 9.78 Å². The number of rotatable bonds is 6. The van der Waals surface area contributed by atoms with Crippen molar-refractivity contribution in [2.45, 2.75) is 19.9 Å². The molecule has 0 saturated carbocycles. The third kappa shape index (κ3) is 3.37. The van der Waals surface area contributed by atoms with Crippen molar-refractivity contribution in [1.82, 2.24) is 9.55 Å². The molecule has 0 aliphatic rings. The maximum atomic E-state index is 12.8. The Bertz CT molecular complexity index is 1300. The number of aromatic nitrogens is 2. The summed E-state index contributed by atoms with van der Waals surface area (Å²) in [6, 6.07) is 18.1. The summed E-state index contributed by atoms with van der Waals surface area (Å²) in [6.45, 7) is 2.90. The molecule has 0 bridgehead atoms. The smallest absolute Gasteiger partial charge is 0.356 e. The predicted octanol–water partition coefficient (Wildman–Crippen LogP) is 4.45. The van der Waals surface area contributed by atoms with E-state index >= 15 is 0 Å². The van der Waals surface area contributed by atoms with Crippen molar-refractivity contribution in [2.24, 2.45) is 0 Å². The summed E-state index contributed by atoms with van der Waals surface area (Å²) in [6.07, 6.45) is -0.324. The zero-order chi connectivity index (χ0) is 21.3. The predicted molar refractivity (Wildman–Crippen MR) is 114 cm³/mol. The Labute approximate surface area is 173 Å². The fourth-order valence-electron chi connectivity index (χ4n) is 3.71. The van der Waals surface area contributed by atoms with Crippen LogP contribution in [0, 0.1) is 0 Å². The fourth-order valence-corrected chi connectivity index (χ4v) is 3.71. The van der Waals surface area contributed by atoms with E-state index in [1.165, 1.54) is 19.2 Å². The lowest BCUT2D eigenvalue weighted by molar-refractivity contribution is 0.0594. The minimum Gasteiger partial charge on any atom is -0.464 e. The van der Waals surface area contributed by atoms with Crippen LogP contribution in [0.1, 0.15) is 44.7 Å². The summed E-state index contributed by atoms with van der Waals surface area (Å²) in [5.41, 5.74) is 2.73. The molecule has 0 saturated heterocycles. The minimum atomic E-state index is -0.631. The van der Waals surface area contributed by atoms with Gasteiger partial charge in [0.25, 0.3) is 0 Å². The Balaban J connectivity index is 1.65. The molecule has 6 nitrogen and oxygen atoms in total. The van der Waals surface area contributed by atoms with Crippen LogP contribution in [0.15, 0.2) is 60.7 Å². The standard InChI is InChI=1S/C24H20N2O4/c1-3-26-20-10-5-4-7-16(20)17-13-15(11-12-21(17)26)22(27)14-23(28)18-8-6-9-19(25-18)24(29)30-2/h4-13H,3,14H2,1-2H3. The number of para-hydroxylation sites is 1. The zero-order valence-corrected chi connectivity index (χ0v) is 16.7. The third-order valence-corrected chi connectivity index (χ3v) is 5.16. The van der Waals surface area contributed by atoms with Gasteiger partial charge in [0.1, 0.15) is 11.4 Å². The van der Waals surface area contributed by atoms with E-state index in [0.717, 1.165) is 28.4 Å². The molecule has 6 heteroatoms. The van der Waals surface area contributed by atoms with Crippen molar-refractivity contribution in [3.63, 3.8) is 0 Å². The van der Waals surface area contributed by atoms with Gasteiger partial charge >= 0.3 is 5.97 Å². The molecule has 150 valence electrons. The van der Waals surface area contributed by atoms with Gasteiger partial charge in [-0.3, -0.25) is 9.59 Å². The Hall–Kier alpha value is -3.80. The molecule has 0 amide bonds. The van der Waals surface area contributed by atoms with Gasteiger partial charge in [-0.15, -0.1) is 0 Å². The molecule has 2 heterocycles. The fraction of sp³-hybridized carbons (Fsp3) is 0.167. The quantitative estimate of drug-likeness (QED) is 0.271. The van der Waals surface area contributed by atoms with Crippen molar-refractivity contribution in [3.8, 4) is 0 Å². The van der Waals surface area contributed by atoms with Crippen molar-refractivity contribution >= 4 is 39.3 Å². The zero-order valence-electron chi connectivity index (χ0n) is 16.7. The van der Waals surface area contributed by atoms with Crippen LogP contribution in [0.25, 0.3) is 21.8 Å². The number of ether oxygens (including phenoxy) is 1. The lowest BCUT2D eigenvalue weighted by Gasteiger charge is -2.05. The minimum absolute atomic E-state index is 0.0320. The van der Waals surface area contributed by atoms with E-state index in [1.54, 1.807) is 12.1 Å². The molecular weight excluding hydrogens is 380 g/mol. The van der Waals surface area contributed by atoms with Crippen molar-refractivity contribution in [1.29, 1.82) is 0 Å². The number of fused-ring (bicyclic) bond motifs is 3. The highest BCUT2D eigenvalue weighted by Gasteiger charge is 2.18. The molecule has 2 aromatic carbocycles. The van der Waals surface area contributed by atoms with Crippen LogP contribution in [0.4, 0.5) is 0 Å². The number of ketones is 2. The van der Waals surface area contributed by atoms with Crippen LogP contribution in [0.3, 0.4) is 0 Å². The van der Waals surface area contributed by atoms with E-state index in [0.29, 0.717) is 5.56 Å². The number of pyridine rings is 1. The van der Waals surface area contributed by atoms with Gasteiger partial charge in [0.2, 0.25) is 0 Å². The number of nitrogens with zero attached hydrogens (tertiary/aromatic N) is 2. The number of hydrogen-bond donors (Lipinski definition) is 0. The van der Waals surface area contributed by atoms with E-state index < -0.39 is 11.8 Å². The molecule has 4 aromatic rings. The van der Waals surface area contributed by atoms with Crippen molar-refractivity contribution < 1.29 is 19.1 Å². The van der Waals surface area contributed by atoms with Crippen LogP contribution in [0.2, 0.25) is 0 Å². The first-order chi connectivity index (χ1) is 14.5. The van der Waals surface area contributed by atoms with Crippen LogP contribution in [0.5, 0.6) is 0 Å². The highest BCUT2D eigenvalue weighted by molar-refractivity contribution is 6.16. The lowest BCUT2D eigenvalue weighted by Crippen LogP contribution is -2.13. The maximum Gasteiger partial charge on any atom is 0.356 e. The first-order valence-corrected chi connectivity index (χ1v) is 9.66. The first kappa shape index (κ1) is 19.5. The summed E-state index contributed by atoms with van der Waals surface area (Å²) in [4.78, 5) is 41.0. The largest absolute Gasteiger partial charge is 0.464 e. The topological polar surface area (TPSA) is 78.3 Å². The normalized spacial score (nSPS) is 11.0. The SMILES string of the molecule is CCn1c2ccccc2c2cc(C(=O)CC(=O)c3cccc(C(=O)OC)n3)ccc21. The molecule has 4 rings (SSSR count). The van der Waals surface area contributed by atoms with Gasteiger partial charge < -0.3 is 9.30 Å². The number of methoxy groups -OCH3 is 1. The summed E-state index contributed by atoms with van der Waals surface area (Å²) >= 11 is 0. The van der Waals surface area contributed by atoms with Crippen LogP contribution >= 0.6 is 0 Å². The number of aryl methyl sites for hydroxylation is 1. The van der Waals surface area contributed by atoms with Gasteiger partial charge in [0.05, 0.1) is 13.5 Å². The maximum absolute atomic E-state index is 12.8. The molecule has 0 aliphatic heterocycles. The average Bonchev–Trinajstić information content (AvgIpc) is 3.11. The van der Waals surface area contributed by atoms with Crippen LogP contribution in [-0.2, 0) is 11.3 Å². The molecule has 30 heavy (non-hydrogen) atoms. The van der Waals surface area contributed by atoms with Crippen molar-refractivity contribution in [3.05, 3.63) is 77.6 Å². The molecular formula is C24H20N2O4. The summed E-state index contributed by atoms with van der Waals surface area (Å²) in [7, 11) is 1.24. The number of Topliss-reactive ketones (excluding diaryl/α,β-unsaturated/α-hetero) is 2. The van der Waals surface area contributed by atoms with Gasteiger partial charge in [0.15, 0.2) is 11.6 Å². The second-order valence-electron chi connectivity index (χ2n) is 6.92. The molecule has 0 N–H and O–H groups in total. The third-order valence-electron chi connectivity index (χ3n) is 5.16. The number of carbonyl (C=O) groups is 3. The van der Waals surface area contributed by atoms with Crippen molar-refractivity contribution in [2.75, 3.05) is 7.11 Å². The number of hydrogen-bond acceptors (Lipinski definition) is 5. The van der Waals surface area contributed by atoms with Gasteiger partial charge in [-0.2, -0.15) is 0 Å². The number of esters is 1. The van der Waals surface area contributed by atoms with Crippen LogP contribution < -0.4 is 0 Å². The molecule has 2 aromatic heterocycles. The first-order valence-electron chi connectivity index (χ1n) is 9.66. The Morgan fingerprint density at radius 3 is 2.37 bits per heavy atom. The van der Waals surface area contributed by atoms with E-state index in [1.807, 2.05) is 30.3 Å². The highest BCUT2D eigenvalue weighted by Crippen LogP contribution is 2.30. The summed E-state index contributed by atoms with van der Waals surface area (Å²) in [5, 5.41) is 2.05. The number of carbonyl (C=O) groups excluding carboxylic acids is 3. The van der Waals surface area contributed by atoms with Gasteiger partial charge in [0, 0.05) is 33.9 Å². The van der Waals surface area contributed by atoms with E-state index in [2.05, 4.69) is 27.3 Å². The molecule has 0 aliphatic carbocycles. The van der Waals surface area contributed by atoms with Gasteiger partial charge in [-0.05, 0) is 43.3 Å². The second-order valence-corrected chi connectivity index (χ2v) is 6.92. The average molecular weight is 400 g/mol. The Morgan fingerprint density at radius 2 is 1.60 bits per heavy atom. The van der Waals surface area contributed by atoms with E-state index in [9.17, 15) is 14.4 Å². The Kier molecular flexibility index (Phi) is 5.14. The molecule has 0 radical (unpaired) electrons. The summed E-state index contributed by atoms with van der Waals surface area (Å²) in [5.74, 6) is -1.36. The monoisotopic (exact) mass is 400 g/mol. The molecule has 0 unspecified atom stereocenters. The van der Waals surface area contributed by atoms with Crippen LogP contribution in [-0.4, -0.2) is 34.2 Å². The second kappa shape index (κ2) is 7.91. The molecule has 0 spiro atoms. The molecule has 0 atom stereocenters. The van der Waals surface area contributed by atoms with E-state index in [4.69, 9.17) is 0 Å². The highest BCUT2D eigenvalue weighted by atomic mass is 16.5.